The molecule has 0 aromatic heterocycles. The highest BCUT2D eigenvalue weighted by molar-refractivity contribution is 5.91. The van der Waals surface area contributed by atoms with Gasteiger partial charge in [0.2, 0.25) is 5.91 Å². The predicted molar refractivity (Wildman–Crippen MR) is 68.2 cm³/mol. The molecule has 1 aliphatic heterocycles. The Morgan fingerprint density at radius 1 is 1.45 bits per heavy atom. The fraction of sp³-hybridized carbons (Fsp3) is 0.385. The highest BCUT2D eigenvalue weighted by atomic mass is 19.2. The van der Waals surface area contributed by atoms with E-state index in [1.165, 1.54) is 11.0 Å². The third-order valence-corrected chi connectivity index (χ3v) is 3.37. The molecule has 108 valence electrons. The fourth-order valence-electron chi connectivity index (χ4n) is 2.37. The summed E-state index contributed by atoms with van der Waals surface area (Å²) in [5.74, 6) is -2.20. The molecule has 3 N–H and O–H groups in total. The number of likely N-dealkylation sites (tertiary alicyclic amines) is 1. The van der Waals surface area contributed by atoms with Crippen LogP contribution < -0.4 is 5.73 Å². The number of amides is 1. The van der Waals surface area contributed by atoms with Crippen molar-refractivity contribution < 1.29 is 18.8 Å². The van der Waals surface area contributed by atoms with E-state index in [1.54, 1.807) is 0 Å². The Bertz CT molecular complexity index is 548. The molecule has 20 heavy (non-hydrogen) atoms. The zero-order valence-electron chi connectivity index (χ0n) is 10.7. The van der Waals surface area contributed by atoms with Crippen molar-refractivity contribution in [2.24, 2.45) is 10.9 Å². The van der Waals surface area contributed by atoms with Gasteiger partial charge in [-0.1, -0.05) is 11.2 Å². The Labute approximate surface area is 114 Å². The van der Waals surface area contributed by atoms with E-state index in [9.17, 15) is 13.6 Å². The lowest BCUT2D eigenvalue weighted by molar-refractivity contribution is -0.130. The van der Waals surface area contributed by atoms with Gasteiger partial charge in [0.15, 0.2) is 17.5 Å². The molecule has 1 saturated heterocycles. The number of oxime groups is 1. The van der Waals surface area contributed by atoms with E-state index >= 15 is 0 Å². The van der Waals surface area contributed by atoms with Crippen LogP contribution in [0.25, 0.3) is 0 Å². The number of benzene rings is 1. The van der Waals surface area contributed by atoms with Gasteiger partial charge in [0.25, 0.3) is 0 Å². The fourth-order valence-corrected chi connectivity index (χ4v) is 2.37. The quantitative estimate of drug-likeness (QED) is 0.379. The second-order valence-corrected chi connectivity index (χ2v) is 4.70. The third-order valence-electron chi connectivity index (χ3n) is 3.37. The van der Waals surface area contributed by atoms with Crippen LogP contribution in [0, 0.1) is 11.6 Å². The summed E-state index contributed by atoms with van der Waals surface area (Å²) in [7, 11) is 0. The maximum Gasteiger partial charge on any atom is 0.227 e. The zero-order chi connectivity index (χ0) is 14.7. The Balaban J connectivity index is 2.09. The van der Waals surface area contributed by atoms with Crippen molar-refractivity contribution in [2.75, 3.05) is 6.54 Å². The molecule has 0 bridgehead atoms. The molecule has 0 spiro atoms. The number of rotatable bonds is 3. The molecular formula is C13H15F2N3O2. The molecule has 1 aliphatic rings. The first-order valence-corrected chi connectivity index (χ1v) is 6.23. The number of carbonyl (C=O) groups excluding carboxylic acids is 1. The van der Waals surface area contributed by atoms with Crippen LogP contribution in [0.15, 0.2) is 23.4 Å². The van der Waals surface area contributed by atoms with Crippen molar-refractivity contribution in [3.05, 3.63) is 35.4 Å². The summed E-state index contributed by atoms with van der Waals surface area (Å²) in [5.41, 5.74) is 5.93. The molecule has 0 radical (unpaired) electrons. The smallest absolute Gasteiger partial charge is 0.227 e. The van der Waals surface area contributed by atoms with Gasteiger partial charge < -0.3 is 15.8 Å². The van der Waals surface area contributed by atoms with E-state index < -0.39 is 17.7 Å². The average molecular weight is 283 g/mol. The number of amidine groups is 1. The van der Waals surface area contributed by atoms with Crippen LogP contribution in [0.3, 0.4) is 0 Å². The Morgan fingerprint density at radius 2 is 2.20 bits per heavy atom. The highest BCUT2D eigenvalue weighted by Crippen LogP contribution is 2.19. The molecule has 0 aliphatic carbocycles. The second-order valence-electron chi connectivity index (χ2n) is 4.70. The summed E-state index contributed by atoms with van der Waals surface area (Å²) in [6.07, 6.45) is 1.33. The topological polar surface area (TPSA) is 78.9 Å². The van der Waals surface area contributed by atoms with Gasteiger partial charge in [0.1, 0.15) is 0 Å². The van der Waals surface area contributed by atoms with Gasteiger partial charge in [-0.25, -0.2) is 8.78 Å². The highest BCUT2D eigenvalue weighted by Gasteiger charge is 2.31. The maximum atomic E-state index is 13.1. The lowest BCUT2D eigenvalue weighted by atomic mass is 10.1. The lowest BCUT2D eigenvalue weighted by Crippen LogP contribution is -2.44. The monoisotopic (exact) mass is 283 g/mol. The standard InChI is InChI=1S/C13H15F2N3O2/c14-9-4-3-8(6-10(9)15)7-12(19)18-5-1-2-11(18)13(16)17-20/h3-4,6,11,20H,1-2,5,7H2,(H2,16,17). The van der Waals surface area contributed by atoms with Crippen LogP contribution in [0.1, 0.15) is 18.4 Å². The Kier molecular flexibility index (Phi) is 4.16. The van der Waals surface area contributed by atoms with E-state index in [1.807, 2.05) is 0 Å². The summed E-state index contributed by atoms with van der Waals surface area (Å²) < 4.78 is 25.9. The lowest BCUT2D eigenvalue weighted by Gasteiger charge is -2.23. The van der Waals surface area contributed by atoms with Crippen LogP contribution in [0.4, 0.5) is 8.78 Å². The molecule has 1 fully saturated rings. The SMILES string of the molecule is N/C(=N/O)C1CCCN1C(=O)Cc1ccc(F)c(F)c1. The van der Waals surface area contributed by atoms with Crippen molar-refractivity contribution in [1.29, 1.82) is 0 Å². The van der Waals surface area contributed by atoms with E-state index in [4.69, 9.17) is 10.9 Å². The van der Waals surface area contributed by atoms with E-state index in [0.29, 0.717) is 18.5 Å². The summed E-state index contributed by atoms with van der Waals surface area (Å²) in [6, 6.07) is 2.92. The van der Waals surface area contributed by atoms with Gasteiger partial charge >= 0.3 is 0 Å². The van der Waals surface area contributed by atoms with Crippen LogP contribution in [0.2, 0.25) is 0 Å². The van der Waals surface area contributed by atoms with E-state index in [0.717, 1.165) is 18.6 Å². The number of hydrogen-bond acceptors (Lipinski definition) is 3. The van der Waals surface area contributed by atoms with E-state index in [2.05, 4.69) is 5.16 Å². The van der Waals surface area contributed by atoms with Gasteiger partial charge in [0, 0.05) is 6.54 Å². The van der Waals surface area contributed by atoms with Crippen LogP contribution in [0.5, 0.6) is 0 Å². The molecule has 1 heterocycles. The van der Waals surface area contributed by atoms with Crippen molar-refractivity contribution >= 4 is 11.7 Å². The van der Waals surface area contributed by atoms with Crippen molar-refractivity contribution in [2.45, 2.75) is 25.3 Å². The Morgan fingerprint density at radius 3 is 2.85 bits per heavy atom. The summed E-state index contributed by atoms with van der Waals surface area (Å²) in [6.45, 7) is 0.503. The number of nitrogens with zero attached hydrogens (tertiary/aromatic N) is 2. The van der Waals surface area contributed by atoms with Gasteiger partial charge in [0.05, 0.1) is 12.5 Å². The first-order chi connectivity index (χ1) is 9.52. The van der Waals surface area contributed by atoms with Gasteiger partial charge in [-0.3, -0.25) is 4.79 Å². The molecular weight excluding hydrogens is 268 g/mol. The summed E-state index contributed by atoms with van der Waals surface area (Å²) >= 11 is 0. The number of hydrogen-bond donors (Lipinski definition) is 2. The molecule has 0 saturated carbocycles. The minimum atomic E-state index is -0.982. The molecule has 1 unspecified atom stereocenters. The van der Waals surface area contributed by atoms with Gasteiger partial charge in [-0.2, -0.15) is 0 Å². The predicted octanol–water partition coefficient (Wildman–Crippen LogP) is 1.24. The maximum absolute atomic E-state index is 13.1. The molecule has 1 aromatic carbocycles. The molecule has 7 heteroatoms. The second kappa shape index (κ2) is 5.85. The van der Waals surface area contributed by atoms with Crippen LogP contribution >= 0.6 is 0 Å². The first kappa shape index (κ1) is 14.2. The first-order valence-electron chi connectivity index (χ1n) is 6.23. The number of carbonyl (C=O) groups is 1. The van der Waals surface area contributed by atoms with Gasteiger partial charge in [-0.15, -0.1) is 0 Å². The Hall–Kier alpha value is -2.18. The molecule has 2 rings (SSSR count). The molecule has 1 aromatic rings. The number of halogens is 2. The van der Waals surface area contributed by atoms with Crippen molar-refractivity contribution in [3.63, 3.8) is 0 Å². The minimum Gasteiger partial charge on any atom is -0.409 e. The third kappa shape index (κ3) is 2.87. The molecule has 1 atom stereocenters. The molecule has 5 nitrogen and oxygen atoms in total. The van der Waals surface area contributed by atoms with Crippen molar-refractivity contribution in [1.82, 2.24) is 4.90 Å². The van der Waals surface area contributed by atoms with Crippen LogP contribution in [-0.4, -0.2) is 34.4 Å². The summed E-state index contributed by atoms with van der Waals surface area (Å²) in [4.78, 5) is 13.7. The van der Waals surface area contributed by atoms with Crippen molar-refractivity contribution in [3.8, 4) is 0 Å². The summed E-state index contributed by atoms with van der Waals surface area (Å²) in [5, 5.41) is 11.6. The largest absolute Gasteiger partial charge is 0.409 e. The zero-order valence-corrected chi connectivity index (χ0v) is 10.7. The van der Waals surface area contributed by atoms with Crippen LogP contribution in [-0.2, 0) is 11.2 Å². The molecule has 1 amide bonds. The number of nitrogens with two attached hydrogens (primary N) is 1. The minimum absolute atomic E-state index is 0.0128. The normalized spacial score (nSPS) is 19.4. The average Bonchev–Trinajstić information content (AvgIpc) is 2.91. The van der Waals surface area contributed by atoms with E-state index in [-0.39, 0.29) is 18.2 Å². The van der Waals surface area contributed by atoms with Gasteiger partial charge in [-0.05, 0) is 30.5 Å².